The van der Waals surface area contributed by atoms with Crippen LogP contribution in [0.2, 0.25) is 0 Å². The molecule has 6 heteroatoms. The minimum absolute atomic E-state index is 0.142. The van der Waals surface area contributed by atoms with Crippen molar-refractivity contribution in [2.75, 3.05) is 18.9 Å². The molecule has 15 heavy (non-hydrogen) atoms. The first-order valence-electron chi connectivity index (χ1n) is 4.82. The van der Waals surface area contributed by atoms with Gasteiger partial charge in [0.2, 0.25) is 0 Å². The molecule has 0 unspecified atom stereocenters. The van der Waals surface area contributed by atoms with Crippen LogP contribution in [0.25, 0.3) is 0 Å². The van der Waals surface area contributed by atoms with E-state index in [1.165, 1.54) is 10.9 Å². The third-order valence-electron chi connectivity index (χ3n) is 2.24. The number of esters is 1. The van der Waals surface area contributed by atoms with Gasteiger partial charge in [0, 0.05) is 6.54 Å². The van der Waals surface area contributed by atoms with E-state index in [1.807, 2.05) is 6.92 Å². The monoisotopic (exact) mass is 211 g/mol. The molecular formula is C9H13N3O3. The zero-order valence-corrected chi connectivity index (χ0v) is 8.47. The highest BCUT2D eigenvalue weighted by Gasteiger charge is 2.26. The summed E-state index contributed by atoms with van der Waals surface area (Å²) < 4.78 is 11.6. The fourth-order valence-electron chi connectivity index (χ4n) is 1.35. The average molecular weight is 211 g/mol. The van der Waals surface area contributed by atoms with Crippen LogP contribution >= 0.6 is 0 Å². The zero-order valence-electron chi connectivity index (χ0n) is 8.47. The van der Waals surface area contributed by atoms with Crippen LogP contribution in [0, 0.1) is 0 Å². The second-order valence-corrected chi connectivity index (χ2v) is 3.33. The van der Waals surface area contributed by atoms with E-state index in [-0.39, 0.29) is 6.10 Å². The highest BCUT2D eigenvalue weighted by molar-refractivity contribution is 5.93. The number of carbonyl (C=O) groups is 1. The third kappa shape index (κ3) is 1.80. The summed E-state index contributed by atoms with van der Waals surface area (Å²) in [6, 6.07) is 0. The van der Waals surface area contributed by atoms with Gasteiger partial charge in [-0.2, -0.15) is 5.10 Å². The summed E-state index contributed by atoms with van der Waals surface area (Å²) >= 11 is 0. The van der Waals surface area contributed by atoms with Crippen molar-refractivity contribution >= 4 is 11.7 Å². The van der Waals surface area contributed by atoms with Crippen LogP contribution in [-0.4, -0.2) is 35.1 Å². The van der Waals surface area contributed by atoms with Crippen LogP contribution in [0.3, 0.4) is 0 Å². The molecule has 2 rings (SSSR count). The maximum absolute atomic E-state index is 11.7. The second-order valence-electron chi connectivity index (χ2n) is 3.33. The number of aryl methyl sites for hydroxylation is 1. The normalized spacial score (nSPS) is 16.1. The van der Waals surface area contributed by atoms with Crippen molar-refractivity contribution in [1.29, 1.82) is 0 Å². The summed E-state index contributed by atoms with van der Waals surface area (Å²) in [5.41, 5.74) is 6.31. The van der Waals surface area contributed by atoms with E-state index in [9.17, 15) is 4.79 Å². The topological polar surface area (TPSA) is 79.4 Å². The Morgan fingerprint density at radius 3 is 3.07 bits per heavy atom. The maximum atomic E-state index is 11.7. The Bertz CT molecular complexity index is 371. The van der Waals surface area contributed by atoms with E-state index in [2.05, 4.69) is 5.10 Å². The molecule has 2 heterocycles. The first kappa shape index (κ1) is 9.97. The predicted molar refractivity (Wildman–Crippen MR) is 52.3 cm³/mol. The number of nitrogen functional groups attached to an aromatic ring is 1. The van der Waals surface area contributed by atoms with E-state index in [0.29, 0.717) is 31.1 Å². The van der Waals surface area contributed by atoms with Gasteiger partial charge in [-0.1, -0.05) is 0 Å². The van der Waals surface area contributed by atoms with Gasteiger partial charge in [0.15, 0.2) is 5.69 Å². The van der Waals surface area contributed by atoms with Crippen LogP contribution < -0.4 is 5.73 Å². The molecule has 1 fully saturated rings. The molecule has 0 bridgehead atoms. The molecular weight excluding hydrogens is 198 g/mol. The number of rotatable bonds is 3. The Morgan fingerprint density at radius 1 is 1.80 bits per heavy atom. The molecule has 6 nitrogen and oxygen atoms in total. The molecule has 0 aliphatic carbocycles. The minimum Gasteiger partial charge on any atom is -0.453 e. The first-order chi connectivity index (χ1) is 7.22. The van der Waals surface area contributed by atoms with Crippen LogP contribution in [0.15, 0.2) is 6.20 Å². The maximum Gasteiger partial charge on any atom is 0.359 e. The molecule has 0 aromatic carbocycles. The van der Waals surface area contributed by atoms with Gasteiger partial charge in [-0.3, -0.25) is 4.68 Å². The van der Waals surface area contributed by atoms with Gasteiger partial charge in [0.1, 0.15) is 6.10 Å². The van der Waals surface area contributed by atoms with Crippen LogP contribution in [0.4, 0.5) is 5.69 Å². The molecule has 0 saturated carbocycles. The predicted octanol–water partition coefficient (Wildman–Crippen LogP) is 0.0408. The smallest absolute Gasteiger partial charge is 0.359 e. The van der Waals surface area contributed by atoms with Gasteiger partial charge < -0.3 is 15.2 Å². The van der Waals surface area contributed by atoms with Gasteiger partial charge >= 0.3 is 5.97 Å². The van der Waals surface area contributed by atoms with Gasteiger partial charge in [-0.15, -0.1) is 0 Å². The quantitative estimate of drug-likeness (QED) is 0.714. The van der Waals surface area contributed by atoms with Gasteiger partial charge in [-0.25, -0.2) is 4.79 Å². The summed E-state index contributed by atoms with van der Waals surface area (Å²) in [6.07, 6.45) is 1.31. The van der Waals surface area contributed by atoms with Crippen molar-refractivity contribution < 1.29 is 14.3 Å². The lowest BCUT2D eigenvalue weighted by atomic mass is 10.3. The lowest BCUT2D eigenvalue weighted by Gasteiger charge is -2.25. The summed E-state index contributed by atoms with van der Waals surface area (Å²) in [5, 5.41) is 3.97. The van der Waals surface area contributed by atoms with Crippen molar-refractivity contribution in [3.8, 4) is 0 Å². The molecule has 1 saturated heterocycles. The second kappa shape index (κ2) is 3.90. The molecule has 1 aliphatic heterocycles. The third-order valence-corrected chi connectivity index (χ3v) is 2.24. The average Bonchev–Trinajstić information content (AvgIpc) is 2.53. The number of carbonyl (C=O) groups excluding carboxylic acids is 1. The minimum atomic E-state index is -0.430. The van der Waals surface area contributed by atoms with Crippen molar-refractivity contribution in [2.45, 2.75) is 19.6 Å². The number of nitrogens with two attached hydrogens (primary N) is 1. The fraction of sp³-hybridized carbons (Fsp3) is 0.556. The molecule has 0 radical (unpaired) electrons. The summed E-state index contributed by atoms with van der Waals surface area (Å²) in [6.45, 7) is 3.40. The Labute approximate surface area is 87.0 Å². The Kier molecular flexibility index (Phi) is 2.59. The van der Waals surface area contributed by atoms with Crippen LogP contribution in [0.5, 0.6) is 0 Å². The number of aromatic nitrogens is 2. The molecule has 0 atom stereocenters. The Balaban J connectivity index is 2.12. The Morgan fingerprint density at radius 2 is 2.53 bits per heavy atom. The highest BCUT2D eigenvalue weighted by Crippen LogP contribution is 2.15. The summed E-state index contributed by atoms with van der Waals surface area (Å²) in [5.74, 6) is -0.430. The summed E-state index contributed by atoms with van der Waals surface area (Å²) in [4.78, 5) is 11.7. The summed E-state index contributed by atoms with van der Waals surface area (Å²) in [7, 11) is 0. The van der Waals surface area contributed by atoms with Crippen molar-refractivity contribution in [1.82, 2.24) is 9.78 Å². The molecule has 1 aliphatic rings. The molecule has 1 aromatic rings. The highest BCUT2D eigenvalue weighted by atomic mass is 16.6. The van der Waals surface area contributed by atoms with E-state index < -0.39 is 5.97 Å². The fourth-order valence-corrected chi connectivity index (χ4v) is 1.35. The lowest BCUT2D eigenvalue weighted by molar-refractivity contribution is -0.103. The van der Waals surface area contributed by atoms with Crippen molar-refractivity contribution in [2.24, 2.45) is 0 Å². The van der Waals surface area contributed by atoms with E-state index in [1.54, 1.807) is 0 Å². The first-order valence-corrected chi connectivity index (χ1v) is 4.82. The van der Waals surface area contributed by atoms with E-state index in [4.69, 9.17) is 15.2 Å². The van der Waals surface area contributed by atoms with Gasteiger partial charge in [0.05, 0.1) is 25.1 Å². The van der Waals surface area contributed by atoms with E-state index in [0.717, 1.165) is 0 Å². The lowest BCUT2D eigenvalue weighted by Crippen LogP contribution is -2.38. The number of nitrogens with zero attached hydrogens (tertiary/aromatic N) is 2. The zero-order chi connectivity index (χ0) is 10.8. The van der Waals surface area contributed by atoms with Gasteiger partial charge in [-0.05, 0) is 6.92 Å². The largest absolute Gasteiger partial charge is 0.453 e. The standard InChI is InChI=1S/C9H13N3O3/c1-2-12-8(7(10)3-11-12)9(13)15-6-4-14-5-6/h3,6H,2,4-5,10H2,1H3. The van der Waals surface area contributed by atoms with Gasteiger partial charge in [0.25, 0.3) is 0 Å². The SMILES string of the molecule is CCn1ncc(N)c1C(=O)OC1COC1. The van der Waals surface area contributed by atoms with Crippen LogP contribution in [0.1, 0.15) is 17.4 Å². The van der Waals surface area contributed by atoms with E-state index >= 15 is 0 Å². The van der Waals surface area contributed by atoms with Crippen molar-refractivity contribution in [3.63, 3.8) is 0 Å². The number of anilines is 1. The molecule has 2 N–H and O–H groups in total. The number of hydrogen-bond donors (Lipinski definition) is 1. The number of ether oxygens (including phenoxy) is 2. The number of hydrogen-bond acceptors (Lipinski definition) is 5. The molecule has 1 aromatic heterocycles. The van der Waals surface area contributed by atoms with Crippen LogP contribution in [-0.2, 0) is 16.0 Å². The van der Waals surface area contributed by atoms with Crippen molar-refractivity contribution in [3.05, 3.63) is 11.9 Å². The Hall–Kier alpha value is -1.56. The molecule has 82 valence electrons. The molecule has 0 spiro atoms. The molecule has 0 amide bonds.